The lowest BCUT2D eigenvalue weighted by Crippen LogP contribution is -2.46. The minimum absolute atomic E-state index is 0.0737. The molecule has 3 rings (SSSR count). The van der Waals surface area contributed by atoms with Crippen molar-refractivity contribution in [3.63, 3.8) is 0 Å². The fourth-order valence-electron chi connectivity index (χ4n) is 2.79. The highest BCUT2D eigenvalue weighted by Crippen LogP contribution is 2.24. The molecule has 0 spiro atoms. The van der Waals surface area contributed by atoms with E-state index in [0.717, 1.165) is 30.6 Å². The molecule has 2 aliphatic rings. The first-order valence-electron chi connectivity index (χ1n) is 7.12. The molecule has 21 heavy (non-hydrogen) atoms. The van der Waals surface area contributed by atoms with Gasteiger partial charge >= 0.3 is 12.0 Å². The van der Waals surface area contributed by atoms with Crippen LogP contribution in [-0.4, -0.2) is 41.3 Å². The summed E-state index contributed by atoms with van der Waals surface area (Å²) in [7, 11) is 0. The maximum Gasteiger partial charge on any atom is 0.335 e. The highest BCUT2D eigenvalue weighted by atomic mass is 16.5. The largest absolute Gasteiger partial charge is 0.478 e. The third-order valence-corrected chi connectivity index (χ3v) is 3.95. The standard InChI is InChI=1S/C15H18N2O4/c18-14(19)10-3-4-11-7-17(8-12(11)6-10)15(20)16-13-2-1-5-21-9-13/h3-4,6,13H,1-2,5,7-9H2,(H,16,20)(H,18,19). The first-order valence-corrected chi connectivity index (χ1v) is 7.12. The second-order valence-electron chi connectivity index (χ2n) is 5.51. The Hall–Kier alpha value is -2.08. The topological polar surface area (TPSA) is 78.9 Å². The molecule has 1 atom stereocenters. The number of rotatable bonds is 2. The number of carbonyl (C=O) groups is 2. The summed E-state index contributed by atoms with van der Waals surface area (Å²) < 4.78 is 5.35. The van der Waals surface area contributed by atoms with Crippen LogP contribution in [0.25, 0.3) is 0 Å². The van der Waals surface area contributed by atoms with Crippen LogP contribution >= 0.6 is 0 Å². The van der Waals surface area contributed by atoms with Gasteiger partial charge in [0.2, 0.25) is 0 Å². The van der Waals surface area contributed by atoms with Gasteiger partial charge in [-0.05, 0) is 36.1 Å². The highest BCUT2D eigenvalue weighted by molar-refractivity contribution is 5.88. The normalized spacial score (nSPS) is 21.0. The molecule has 2 heterocycles. The number of carboxylic acid groups (broad SMARTS) is 1. The van der Waals surface area contributed by atoms with Crippen molar-refractivity contribution in [1.29, 1.82) is 0 Å². The van der Waals surface area contributed by atoms with Crippen molar-refractivity contribution in [1.82, 2.24) is 10.2 Å². The smallest absolute Gasteiger partial charge is 0.335 e. The van der Waals surface area contributed by atoms with Crippen LogP contribution in [0.1, 0.15) is 34.3 Å². The van der Waals surface area contributed by atoms with Crippen LogP contribution in [0.2, 0.25) is 0 Å². The Kier molecular flexibility index (Phi) is 3.79. The Morgan fingerprint density at radius 3 is 2.81 bits per heavy atom. The molecular weight excluding hydrogens is 272 g/mol. The number of nitrogens with zero attached hydrogens (tertiary/aromatic N) is 1. The lowest BCUT2D eigenvalue weighted by atomic mass is 10.1. The number of ether oxygens (including phenoxy) is 1. The number of fused-ring (bicyclic) bond motifs is 1. The van der Waals surface area contributed by atoms with Crippen molar-refractivity contribution < 1.29 is 19.4 Å². The van der Waals surface area contributed by atoms with Crippen LogP contribution in [0.15, 0.2) is 18.2 Å². The summed E-state index contributed by atoms with van der Waals surface area (Å²) in [4.78, 5) is 24.9. The summed E-state index contributed by atoms with van der Waals surface area (Å²) in [5.74, 6) is -0.944. The fraction of sp³-hybridized carbons (Fsp3) is 0.467. The predicted molar refractivity (Wildman–Crippen MR) is 75.0 cm³/mol. The van der Waals surface area contributed by atoms with E-state index >= 15 is 0 Å². The predicted octanol–water partition coefficient (Wildman–Crippen LogP) is 1.59. The van der Waals surface area contributed by atoms with Gasteiger partial charge in [0, 0.05) is 19.7 Å². The van der Waals surface area contributed by atoms with E-state index in [9.17, 15) is 9.59 Å². The molecule has 112 valence electrons. The van der Waals surface area contributed by atoms with Crippen LogP contribution in [0.4, 0.5) is 4.79 Å². The maximum absolute atomic E-state index is 12.2. The summed E-state index contributed by atoms with van der Waals surface area (Å²) in [6, 6.07) is 4.98. The molecule has 1 saturated heterocycles. The van der Waals surface area contributed by atoms with E-state index in [1.807, 2.05) is 0 Å². The molecule has 6 heteroatoms. The Morgan fingerprint density at radius 1 is 1.29 bits per heavy atom. The summed E-state index contributed by atoms with van der Waals surface area (Å²) in [6.07, 6.45) is 1.91. The molecule has 0 saturated carbocycles. The Labute approximate surface area is 122 Å². The van der Waals surface area contributed by atoms with Crippen molar-refractivity contribution in [2.45, 2.75) is 32.0 Å². The molecule has 2 N–H and O–H groups in total. The van der Waals surface area contributed by atoms with Gasteiger partial charge in [0.15, 0.2) is 0 Å². The molecule has 0 radical (unpaired) electrons. The number of amides is 2. The number of hydrogen-bond acceptors (Lipinski definition) is 3. The van der Waals surface area contributed by atoms with E-state index in [1.165, 1.54) is 0 Å². The van der Waals surface area contributed by atoms with E-state index in [2.05, 4.69) is 5.32 Å². The Bertz CT molecular complexity index is 567. The SMILES string of the molecule is O=C(O)c1ccc2c(c1)CN(C(=O)NC1CCCOC1)C2. The number of nitrogens with one attached hydrogen (secondary N) is 1. The first kappa shape index (κ1) is 13.9. The number of benzene rings is 1. The minimum atomic E-state index is -0.944. The zero-order valence-corrected chi connectivity index (χ0v) is 11.7. The van der Waals surface area contributed by atoms with Gasteiger partial charge < -0.3 is 20.1 Å². The van der Waals surface area contributed by atoms with Gasteiger partial charge in [-0.15, -0.1) is 0 Å². The number of hydrogen-bond donors (Lipinski definition) is 2. The molecule has 1 aromatic rings. The van der Waals surface area contributed by atoms with E-state index in [4.69, 9.17) is 9.84 Å². The molecule has 0 aromatic heterocycles. The minimum Gasteiger partial charge on any atom is -0.478 e. The van der Waals surface area contributed by atoms with Gasteiger partial charge in [-0.2, -0.15) is 0 Å². The quantitative estimate of drug-likeness (QED) is 0.867. The van der Waals surface area contributed by atoms with Gasteiger partial charge in [0.05, 0.1) is 18.2 Å². The molecule has 2 aliphatic heterocycles. The van der Waals surface area contributed by atoms with E-state index in [0.29, 0.717) is 19.7 Å². The zero-order valence-electron chi connectivity index (χ0n) is 11.7. The van der Waals surface area contributed by atoms with Crippen molar-refractivity contribution in [2.24, 2.45) is 0 Å². The lowest BCUT2D eigenvalue weighted by Gasteiger charge is -2.26. The van der Waals surface area contributed by atoms with Crippen molar-refractivity contribution >= 4 is 12.0 Å². The zero-order chi connectivity index (χ0) is 14.8. The monoisotopic (exact) mass is 290 g/mol. The van der Waals surface area contributed by atoms with Crippen LogP contribution in [-0.2, 0) is 17.8 Å². The number of urea groups is 1. The third-order valence-electron chi connectivity index (χ3n) is 3.95. The van der Waals surface area contributed by atoms with Gasteiger partial charge in [-0.25, -0.2) is 9.59 Å². The lowest BCUT2D eigenvalue weighted by molar-refractivity contribution is 0.0696. The van der Waals surface area contributed by atoms with E-state index < -0.39 is 5.97 Å². The van der Waals surface area contributed by atoms with Crippen molar-refractivity contribution in [3.05, 3.63) is 34.9 Å². The van der Waals surface area contributed by atoms with E-state index in [1.54, 1.807) is 23.1 Å². The maximum atomic E-state index is 12.2. The molecule has 1 fully saturated rings. The second kappa shape index (κ2) is 5.73. The second-order valence-corrected chi connectivity index (χ2v) is 5.51. The number of aromatic carboxylic acids is 1. The summed E-state index contributed by atoms with van der Waals surface area (Å²) in [5, 5.41) is 12.0. The molecule has 1 aromatic carbocycles. The van der Waals surface area contributed by atoms with Crippen LogP contribution in [0, 0.1) is 0 Å². The third kappa shape index (κ3) is 3.00. The van der Waals surface area contributed by atoms with Crippen molar-refractivity contribution in [3.8, 4) is 0 Å². The molecule has 0 aliphatic carbocycles. The molecule has 0 bridgehead atoms. The average Bonchev–Trinajstić information content (AvgIpc) is 2.91. The van der Waals surface area contributed by atoms with Crippen LogP contribution in [0.5, 0.6) is 0 Å². The van der Waals surface area contributed by atoms with Gasteiger partial charge in [-0.3, -0.25) is 0 Å². The van der Waals surface area contributed by atoms with Gasteiger partial charge in [-0.1, -0.05) is 6.07 Å². The highest BCUT2D eigenvalue weighted by Gasteiger charge is 2.26. The molecule has 6 nitrogen and oxygen atoms in total. The van der Waals surface area contributed by atoms with Crippen molar-refractivity contribution in [2.75, 3.05) is 13.2 Å². The van der Waals surface area contributed by atoms with Gasteiger partial charge in [0.1, 0.15) is 0 Å². The first-order chi connectivity index (χ1) is 10.1. The summed E-state index contributed by atoms with van der Waals surface area (Å²) in [6.45, 7) is 2.31. The Balaban J connectivity index is 1.63. The fourth-order valence-corrected chi connectivity index (χ4v) is 2.79. The number of carboxylic acids is 1. The van der Waals surface area contributed by atoms with Crippen LogP contribution in [0.3, 0.4) is 0 Å². The summed E-state index contributed by atoms with van der Waals surface area (Å²) >= 11 is 0. The summed E-state index contributed by atoms with van der Waals surface area (Å²) in [5.41, 5.74) is 2.18. The Morgan fingerprint density at radius 2 is 2.10 bits per heavy atom. The molecular formula is C15H18N2O4. The van der Waals surface area contributed by atoms with Gasteiger partial charge in [0.25, 0.3) is 0 Å². The molecule has 1 unspecified atom stereocenters. The van der Waals surface area contributed by atoms with E-state index in [-0.39, 0.29) is 17.6 Å². The average molecular weight is 290 g/mol. The molecule has 2 amide bonds. The van der Waals surface area contributed by atoms with Crippen LogP contribution < -0.4 is 5.32 Å². The number of carbonyl (C=O) groups excluding carboxylic acids is 1.